The van der Waals surface area contributed by atoms with Crippen LogP contribution in [0.1, 0.15) is 49.3 Å². The highest BCUT2D eigenvalue weighted by Gasteiger charge is 2.45. The second-order valence-electron chi connectivity index (χ2n) is 9.29. The number of benzene rings is 3. The molecule has 2 aliphatic rings. The molecule has 7 heteroatoms. The van der Waals surface area contributed by atoms with Crippen LogP contribution in [0.2, 0.25) is 0 Å². The monoisotopic (exact) mass is 490 g/mol. The van der Waals surface area contributed by atoms with Gasteiger partial charge in [-0.1, -0.05) is 61.7 Å². The Kier molecular flexibility index (Phi) is 7.09. The van der Waals surface area contributed by atoms with Crippen LogP contribution in [0.15, 0.2) is 72.8 Å². The maximum absolute atomic E-state index is 14.2. The van der Waals surface area contributed by atoms with Gasteiger partial charge in [0.15, 0.2) is 0 Å². The van der Waals surface area contributed by atoms with Crippen LogP contribution in [-0.4, -0.2) is 24.5 Å². The van der Waals surface area contributed by atoms with Crippen molar-refractivity contribution in [2.75, 3.05) is 16.4 Å². The molecule has 2 amide bonds. The number of carbonyl (C=O) groups excluding carboxylic acids is 2. The summed E-state index contributed by atoms with van der Waals surface area (Å²) in [5.74, 6) is -1.64. The summed E-state index contributed by atoms with van der Waals surface area (Å²) >= 11 is 0. The summed E-state index contributed by atoms with van der Waals surface area (Å²) in [6.07, 6.45) is 5.07. The summed E-state index contributed by atoms with van der Waals surface area (Å²) in [5, 5.41) is 0. The number of hydrogen-bond acceptors (Lipinski definition) is 3. The molecule has 0 bridgehead atoms. The highest BCUT2D eigenvalue weighted by molar-refractivity contribution is 6.11. The number of halogens is 2. The van der Waals surface area contributed by atoms with Crippen molar-refractivity contribution >= 4 is 23.2 Å². The van der Waals surface area contributed by atoms with Gasteiger partial charge in [-0.2, -0.15) is 0 Å². The van der Waals surface area contributed by atoms with Crippen molar-refractivity contribution in [2.24, 2.45) is 0 Å². The summed E-state index contributed by atoms with van der Waals surface area (Å²) in [6.45, 7) is -0.487. The molecule has 0 spiro atoms. The van der Waals surface area contributed by atoms with E-state index in [-0.39, 0.29) is 30.9 Å². The number of rotatable bonds is 7. The predicted octanol–water partition coefficient (Wildman–Crippen LogP) is 5.94. The molecule has 5 nitrogen and oxygen atoms in total. The molecule has 1 unspecified atom stereocenters. The van der Waals surface area contributed by atoms with Gasteiger partial charge in [-0.3, -0.25) is 14.5 Å². The zero-order valence-electron chi connectivity index (χ0n) is 19.9. The van der Waals surface area contributed by atoms with Gasteiger partial charge in [0.1, 0.15) is 24.3 Å². The Morgan fingerprint density at radius 3 is 2.47 bits per heavy atom. The third-order valence-corrected chi connectivity index (χ3v) is 6.96. The molecule has 3 aromatic carbocycles. The largest absolute Gasteiger partial charge is 0.367 e. The average Bonchev–Trinajstić information content (AvgIpc) is 3.18. The number of carbonyl (C=O) groups is 2. The Morgan fingerprint density at radius 2 is 1.69 bits per heavy atom. The van der Waals surface area contributed by atoms with E-state index in [2.05, 4.69) is 0 Å². The lowest BCUT2D eigenvalue weighted by molar-refractivity contribution is -0.127. The molecule has 186 valence electrons. The summed E-state index contributed by atoms with van der Waals surface area (Å²) < 4.78 is 33.8. The highest BCUT2D eigenvalue weighted by atomic mass is 19.1. The molecule has 5 rings (SSSR count). The van der Waals surface area contributed by atoms with Gasteiger partial charge in [-0.05, 0) is 43.2 Å². The topological polar surface area (TPSA) is 49.9 Å². The first-order valence-corrected chi connectivity index (χ1v) is 12.4. The zero-order valence-corrected chi connectivity index (χ0v) is 19.9. The Labute approximate surface area is 209 Å². The number of para-hydroxylation sites is 1. The summed E-state index contributed by atoms with van der Waals surface area (Å²) in [5.41, 5.74) is 2.10. The molecule has 0 N–H and O–H groups in total. The summed E-state index contributed by atoms with van der Waals surface area (Å²) in [6, 6.07) is 18.5. The number of anilines is 2. The zero-order chi connectivity index (χ0) is 25.1. The minimum atomic E-state index is -0.936. The number of ether oxygens (including phenoxy) is 1. The van der Waals surface area contributed by atoms with Gasteiger partial charge in [-0.25, -0.2) is 8.78 Å². The normalized spacial score (nSPS) is 17.8. The number of hydrogen-bond donors (Lipinski definition) is 0. The molecule has 0 saturated heterocycles. The molecule has 1 heterocycles. The van der Waals surface area contributed by atoms with Crippen LogP contribution < -0.4 is 9.80 Å². The van der Waals surface area contributed by atoms with Crippen LogP contribution >= 0.6 is 0 Å². The van der Waals surface area contributed by atoms with E-state index in [0.29, 0.717) is 11.1 Å². The standard InChI is InChI=1S/C29H28F2N2O3/c30-21-10-8-13-23(17-21)33(27(34)19-36-18-20-9-4-6-15-25(20)31)28-24-14-5-7-16-26(24)32(29(28)35)22-11-2-1-3-12-22/h4-10,13-17,22,28H,1-3,11-12,18-19H2. The van der Waals surface area contributed by atoms with E-state index in [4.69, 9.17) is 4.74 Å². The van der Waals surface area contributed by atoms with Gasteiger partial charge in [0.2, 0.25) is 0 Å². The van der Waals surface area contributed by atoms with Gasteiger partial charge in [-0.15, -0.1) is 0 Å². The van der Waals surface area contributed by atoms with Gasteiger partial charge in [0.05, 0.1) is 6.61 Å². The van der Waals surface area contributed by atoms with Gasteiger partial charge >= 0.3 is 0 Å². The quantitative estimate of drug-likeness (QED) is 0.412. The maximum atomic E-state index is 14.2. The molecule has 1 aliphatic heterocycles. The fraction of sp³-hybridized carbons (Fsp3) is 0.310. The van der Waals surface area contributed by atoms with E-state index in [1.54, 1.807) is 24.3 Å². The first-order chi connectivity index (χ1) is 17.5. The SMILES string of the molecule is O=C1C(N(C(=O)COCc2ccccc2F)c2cccc(F)c2)c2ccccc2N1C1CCCCC1. The van der Waals surface area contributed by atoms with E-state index in [9.17, 15) is 18.4 Å². The van der Waals surface area contributed by atoms with Crippen LogP contribution in [-0.2, 0) is 20.9 Å². The number of nitrogens with zero attached hydrogens (tertiary/aromatic N) is 2. The average molecular weight is 491 g/mol. The highest BCUT2D eigenvalue weighted by Crippen LogP contribution is 2.44. The summed E-state index contributed by atoms with van der Waals surface area (Å²) in [4.78, 5) is 30.7. The fourth-order valence-corrected chi connectivity index (χ4v) is 5.28. The van der Waals surface area contributed by atoms with E-state index < -0.39 is 23.6 Å². The molecule has 1 fully saturated rings. The molecular weight excluding hydrogens is 462 g/mol. The van der Waals surface area contributed by atoms with Crippen molar-refractivity contribution < 1.29 is 23.1 Å². The van der Waals surface area contributed by atoms with Crippen LogP contribution in [0.25, 0.3) is 0 Å². The first-order valence-electron chi connectivity index (χ1n) is 12.4. The molecule has 0 aromatic heterocycles. The second-order valence-corrected chi connectivity index (χ2v) is 9.29. The molecule has 36 heavy (non-hydrogen) atoms. The third kappa shape index (κ3) is 4.75. The van der Waals surface area contributed by atoms with Crippen molar-refractivity contribution in [1.82, 2.24) is 0 Å². The Balaban J connectivity index is 1.46. The molecule has 0 radical (unpaired) electrons. The lowest BCUT2D eigenvalue weighted by Crippen LogP contribution is -2.46. The van der Waals surface area contributed by atoms with Crippen LogP contribution in [0.4, 0.5) is 20.2 Å². The van der Waals surface area contributed by atoms with E-state index in [0.717, 1.165) is 37.8 Å². The minimum absolute atomic E-state index is 0.0687. The lowest BCUT2D eigenvalue weighted by atomic mass is 9.94. The Hall–Kier alpha value is -3.58. The van der Waals surface area contributed by atoms with Crippen LogP contribution in [0.5, 0.6) is 0 Å². The first kappa shape index (κ1) is 24.1. The number of fused-ring (bicyclic) bond motifs is 1. The lowest BCUT2D eigenvalue weighted by Gasteiger charge is -2.33. The fourth-order valence-electron chi connectivity index (χ4n) is 5.28. The smallest absolute Gasteiger partial charge is 0.255 e. The van der Waals surface area contributed by atoms with Crippen molar-refractivity contribution in [3.8, 4) is 0 Å². The minimum Gasteiger partial charge on any atom is -0.367 e. The van der Waals surface area contributed by atoms with Gasteiger partial charge in [0, 0.05) is 28.5 Å². The van der Waals surface area contributed by atoms with Gasteiger partial charge in [0.25, 0.3) is 11.8 Å². The van der Waals surface area contributed by atoms with E-state index in [1.807, 2.05) is 29.2 Å². The third-order valence-electron chi connectivity index (χ3n) is 6.96. The van der Waals surface area contributed by atoms with Crippen molar-refractivity contribution in [2.45, 2.75) is 50.8 Å². The number of amides is 2. The molecular formula is C29H28F2N2O3. The van der Waals surface area contributed by atoms with Gasteiger partial charge < -0.3 is 9.64 Å². The Bertz CT molecular complexity index is 1260. The molecule has 1 atom stereocenters. The maximum Gasteiger partial charge on any atom is 0.255 e. The van der Waals surface area contributed by atoms with Crippen molar-refractivity contribution in [1.29, 1.82) is 0 Å². The van der Waals surface area contributed by atoms with Crippen molar-refractivity contribution in [3.63, 3.8) is 0 Å². The molecule has 1 saturated carbocycles. The predicted molar refractivity (Wildman–Crippen MR) is 133 cm³/mol. The van der Waals surface area contributed by atoms with Crippen molar-refractivity contribution in [3.05, 3.63) is 95.6 Å². The second kappa shape index (κ2) is 10.6. The van der Waals surface area contributed by atoms with Crippen LogP contribution in [0.3, 0.4) is 0 Å². The van der Waals surface area contributed by atoms with Crippen LogP contribution in [0, 0.1) is 11.6 Å². The molecule has 1 aliphatic carbocycles. The van der Waals surface area contributed by atoms with E-state index in [1.165, 1.54) is 29.2 Å². The van der Waals surface area contributed by atoms with E-state index >= 15 is 0 Å². The molecule has 3 aromatic rings. The Morgan fingerprint density at radius 1 is 0.944 bits per heavy atom. The summed E-state index contributed by atoms with van der Waals surface area (Å²) in [7, 11) is 0.